The number of hydrogen-bond donors (Lipinski definition) is 0. The van der Waals surface area contributed by atoms with E-state index in [1.54, 1.807) is 6.07 Å². The molecule has 0 amide bonds. The molecule has 0 unspecified atom stereocenters. The number of ether oxygens (including phenoxy) is 1. The van der Waals surface area contributed by atoms with Crippen LogP contribution in [0, 0.1) is 0 Å². The van der Waals surface area contributed by atoms with Gasteiger partial charge in [-0.05, 0) is 36.8 Å². The second-order valence-electron chi connectivity index (χ2n) is 3.33. The average molecular weight is 276 g/mol. The first-order chi connectivity index (χ1) is 7.61. The van der Waals surface area contributed by atoms with Crippen molar-refractivity contribution in [2.45, 2.75) is 6.92 Å². The number of fused-ring (bicyclic) bond motifs is 1. The van der Waals surface area contributed by atoms with Gasteiger partial charge in [0.15, 0.2) is 0 Å². The molecular weight excluding hydrogens is 266 g/mol. The molecule has 2 aliphatic rings. The SMILES string of the molecule is CCOc1cc2cc(Cl)cc(Cl)c(Cl)c-2c1. The van der Waals surface area contributed by atoms with Crippen molar-refractivity contribution in [3.05, 3.63) is 39.3 Å². The summed E-state index contributed by atoms with van der Waals surface area (Å²) in [6, 6.07) is 7.21. The maximum atomic E-state index is 6.15. The molecule has 0 heterocycles. The van der Waals surface area contributed by atoms with Crippen LogP contribution in [0.25, 0.3) is 11.1 Å². The van der Waals surface area contributed by atoms with Gasteiger partial charge in [-0.25, -0.2) is 0 Å². The lowest BCUT2D eigenvalue weighted by atomic mass is 10.2. The second-order valence-corrected chi connectivity index (χ2v) is 4.55. The Labute approximate surface area is 109 Å². The standard InChI is InChI=1S/C12H9Cl3O/c1-2-16-9-4-7-3-8(13)5-11(14)12(15)10(7)6-9/h3-6H,2H2,1H3. The van der Waals surface area contributed by atoms with Gasteiger partial charge >= 0.3 is 0 Å². The van der Waals surface area contributed by atoms with Gasteiger partial charge in [0.2, 0.25) is 0 Å². The lowest BCUT2D eigenvalue weighted by Crippen LogP contribution is -1.87. The lowest BCUT2D eigenvalue weighted by molar-refractivity contribution is 0.341. The quantitative estimate of drug-likeness (QED) is 0.736. The molecule has 0 saturated carbocycles. The van der Waals surface area contributed by atoms with Gasteiger partial charge in [0.25, 0.3) is 0 Å². The molecule has 0 N–H and O–H groups in total. The highest BCUT2D eigenvalue weighted by atomic mass is 35.5. The Morgan fingerprint density at radius 1 is 1.06 bits per heavy atom. The Hall–Kier alpha value is -0.630. The zero-order valence-electron chi connectivity index (χ0n) is 8.56. The van der Waals surface area contributed by atoms with E-state index < -0.39 is 0 Å². The van der Waals surface area contributed by atoms with Gasteiger partial charge in [-0.3, -0.25) is 0 Å². The summed E-state index contributed by atoms with van der Waals surface area (Å²) in [6.45, 7) is 2.54. The molecule has 0 fully saturated rings. The summed E-state index contributed by atoms with van der Waals surface area (Å²) in [4.78, 5) is 0. The zero-order valence-corrected chi connectivity index (χ0v) is 10.8. The van der Waals surface area contributed by atoms with Crippen LogP contribution < -0.4 is 4.74 Å². The van der Waals surface area contributed by atoms with Gasteiger partial charge in [0.1, 0.15) is 5.75 Å². The van der Waals surface area contributed by atoms with Crippen molar-refractivity contribution < 1.29 is 4.74 Å². The van der Waals surface area contributed by atoms with E-state index in [1.165, 1.54) is 0 Å². The largest absolute Gasteiger partial charge is 0.494 e. The fraction of sp³-hybridized carbons (Fsp3) is 0.167. The first-order valence-electron chi connectivity index (χ1n) is 4.83. The highest BCUT2D eigenvalue weighted by Crippen LogP contribution is 2.40. The molecule has 0 aromatic heterocycles. The topological polar surface area (TPSA) is 9.23 Å². The van der Waals surface area contributed by atoms with E-state index in [-0.39, 0.29) is 0 Å². The molecule has 0 atom stereocenters. The average Bonchev–Trinajstić information content (AvgIpc) is 2.56. The minimum absolute atomic E-state index is 0.440. The van der Waals surface area contributed by atoms with E-state index in [9.17, 15) is 0 Å². The Morgan fingerprint density at radius 3 is 2.50 bits per heavy atom. The third kappa shape index (κ3) is 2.22. The van der Waals surface area contributed by atoms with Crippen LogP contribution >= 0.6 is 34.8 Å². The highest BCUT2D eigenvalue weighted by molar-refractivity contribution is 6.44. The third-order valence-electron chi connectivity index (χ3n) is 2.21. The van der Waals surface area contributed by atoms with Crippen LogP contribution in [-0.4, -0.2) is 6.61 Å². The molecule has 0 radical (unpaired) electrons. The Kier molecular flexibility index (Phi) is 3.48. The second kappa shape index (κ2) is 4.70. The smallest absolute Gasteiger partial charge is 0.120 e. The zero-order chi connectivity index (χ0) is 11.7. The van der Waals surface area contributed by atoms with E-state index in [4.69, 9.17) is 39.5 Å². The van der Waals surface area contributed by atoms with Crippen molar-refractivity contribution in [2.24, 2.45) is 0 Å². The van der Waals surface area contributed by atoms with Gasteiger partial charge in [0.05, 0.1) is 16.7 Å². The van der Waals surface area contributed by atoms with Crippen molar-refractivity contribution in [3.8, 4) is 16.9 Å². The molecule has 1 nitrogen and oxygen atoms in total. The molecule has 0 aliphatic heterocycles. The summed E-state index contributed by atoms with van der Waals surface area (Å²) in [5.74, 6) is 0.776. The first-order valence-corrected chi connectivity index (χ1v) is 5.96. The van der Waals surface area contributed by atoms with Crippen LogP contribution in [0.1, 0.15) is 6.92 Å². The van der Waals surface area contributed by atoms with Crippen LogP contribution in [0.15, 0.2) is 24.3 Å². The van der Waals surface area contributed by atoms with E-state index in [0.29, 0.717) is 21.7 Å². The number of halogens is 3. The summed E-state index contributed by atoms with van der Waals surface area (Å²) in [5.41, 5.74) is 1.77. The van der Waals surface area contributed by atoms with Gasteiger partial charge in [0, 0.05) is 10.6 Å². The van der Waals surface area contributed by atoms with Crippen LogP contribution in [0.5, 0.6) is 5.75 Å². The van der Waals surface area contributed by atoms with Crippen molar-refractivity contribution in [1.82, 2.24) is 0 Å². The van der Waals surface area contributed by atoms with Crippen molar-refractivity contribution in [3.63, 3.8) is 0 Å². The van der Waals surface area contributed by atoms with Crippen molar-refractivity contribution in [1.29, 1.82) is 0 Å². The minimum atomic E-state index is 0.440. The maximum Gasteiger partial charge on any atom is 0.120 e. The Balaban J connectivity index is 2.65. The predicted octanol–water partition coefficient (Wildman–Crippen LogP) is 5.15. The molecule has 0 aromatic rings. The van der Waals surface area contributed by atoms with E-state index in [0.717, 1.165) is 16.9 Å². The maximum absolute atomic E-state index is 6.15. The fourth-order valence-electron chi connectivity index (χ4n) is 1.56. The highest BCUT2D eigenvalue weighted by Gasteiger charge is 2.13. The van der Waals surface area contributed by atoms with Gasteiger partial charge < -0.3 is 4.74 Å². The molecule has 0 bridgehead atoms. The molecule has 0 spiro atoms. The normalized spacial score (nSPS) is 10.8. The van der Waals surface area contributed by atoms with Gasteiger partial charge in [-0.15, -0.1) is 0 Å². The molecule has 84 valence electrons. The fourth-order valence-corrected chi connectivity index (χ4v) is 2.28. The molecule has 4 heteroatoms. The summed E-state index contributed by atoms with van der Waals surface area (Å²) in [5, 5.41) is 1.49. The van der Waals surface area contributed by atoms with Gasteiger partial charge in [-0.2, -0.15) is 0 Å². The molecular formula is C12H9Cl3O. The molecule has 2 rings (SSSR count). The summed E-state index contributed by atoms with van der Waals surface area (Å²) < 4.78 is 5.41. The summed E-state index contributed by atoms with van der Waals surface area (Å²) in [6.07, 6.45) is 0. The Bertz CT molecular complexity index is 496. The summed E-state index contributed by atoms with van der Waals surface area (Å²) in [7, 11) is 0. The van der Waals surface area contributed by atoms with E-state index >= 15 is 0 Å². The predicted molar refractivity (Wildman–Crippen MR) is 69.3 cm³/mol. The van der Waals surface area contributed by atoms with Crippen molar-refractivity contribution in [2.75, 3.05) is 6.61 Å². The lowest BCUT2D eigenvalue weighted by Gasteiger charge is -1.96. The number of hydrogen-bond acceptors (Lipinski definition) is 1. The molecule has 0 saturated heterocycles. The first kappa shape index (κ1) is 11.8. The van der Waals surface area contributed by atoms with E-state index in [1.807, 2.05) is 25.1 Å². The Morgan fingerprint density at radius 2 is 1.81 bits per heavy atom. The number of rotatable bonds is 2. The molecule has 16 heavy (non-hydrogen) atoms. The molecule has 0 aromatic carbocycles. The minimum Gasteiger partial charge on any atom is -0.494 e. The molecule has 2 aliphatic carbocycles. The van der Waals surface area contributed by atoms with Crippen LogP contribution in [0.3, 0.4) is 0 Å². The third-order valence-corrected chi connectivity index (χ3v) is 3.23. The van der Waals surface area contributed by atoms with E-state index in [2.05, 4.69) is 0 Å². The monoisotopic (exact) mass is 274 g/mol. The van der Waals surface area contributed by atoms with Gasteiger partial charge in [-0.1, -0.05) is 34.8 Å². The van der Waals surface area contributed by atoms with Crippen LogP contribution in [-0.2, 0) is 0 Å². The summed E-state index contributed by atoms with van der Waals surface area (Å²) >= 11 is 18.1. The van der Waals surface area contributed by atoms with Crippen LogP contribution in [0.4, 0.5) is 0 Å². The van der Waals surface area contributed by atoms with Crippen molar-refractivity contribution >= 4 is 34.8 Å². The van der Waals surface area contributed by atoms with Crippen LogP contribution in [0.2, 0.25) is 15.1 Å².